The fraction of sp³-hybridized carbons (Fsp3) is 0.188. The van der Waals surface area contributed by atoms with Gasteiger partial charge in [-0.2, -0.15) is 5.10 Å². The molecule has 3 aromatic rings. The van der Waals surface area contributed by atoms with Crippen LogP contribution in [0.15, 0.2) is 48.7 Å². The molecule has 0 amide bonds. The average Bonchev–Trinajstić information content (AvgIpc) is 2.82. The van der Waals surface area contributed by atoms with Crippen LogP contribution in [0.1, 0.15) is 12.5 Å². The number of hydrogen-bond acceptors (Lipinski definition) is 2. The highest BCUT2D eigenvalue weighted by Gasteiger charge is 2.14. The molecule has 2 aromatic carbocycles. The van der Waals surface area contributed by atoms with Crippen molar-refractivity contribution in [3.8, 4) is 5.69 Å². The van der Waals surface area contributed by atoms with E-state index < -0.39 is 0 Å². The van der Waals surface area contributed by atoms with Gasteiger partial charge in [-0.25, -0.2) is 9.07 Å². The van der Waals surface area contributed by atoms with Crippen LogP contribution < -0.4 is 5.73 Å². The molecule has 1 heterocycles. The first-order valence-corrected chi connectivity index (χ1v) is 6.63. The smallest absolute Gasteiger partial charge is 0.149 e. The van der Waals surface area contributed by atoms with Crippen molar-refractivity contribution in [2.75, 3.05) is 0 Å². The molecule has 3 nitrogen and oxygen atoms in total. The lowest BCUT2D eigenvalue weighted by atomic mass is 10.0. The Balaban J connectivity index is 2.23. The van der Waals surface area contributed by atoms with E-state index in [0.29, 0.717) is 12.1 Å². The molecule has 1 aromatic heterocycles. The summed E-state index contributed by atoms with van der Waals surface area (Å²) < 4.78 is 15.9. The van der Waals surface area contributed by atoms with Gasteiger partial charge in [0.2, 0.25) is 0 Å². The zero-order chi connectivity index (χ0) is 14.1. The largest absolute Gasteiger partial charge is 0.328 e. The second-order valence-electron chi connectivity index (χ2n) is 5.04. The third-order valence-corrected chi connectivity index (χ3v) is 3.30. The van der Waals surface area contributed by atoms with Crippen molar-refractivity contribution >= 4 is 10.9 Å². The van der Waals surface area contributed by atoms with Crippen LogP contribution in [0.3, 0.4) is 0 Å². The van der Waals surface area contributed by atoms with E-state index in [4.69, 9.17) is 5.73 Å². The Morgan fingerprint density at radius 2 is 2.00 bits per heavy atom. The summed E-state index contributed by atoms with van der Waals surface area (Å²) in [4.78, 5) is 0. The van der Waals surface area contributed by atoms with E-state index in [9.17, 15) is 4.39 Å². The number of nitrogens with two attached hydrogens (primary N) is 1. The highest BCUT2D eigenvalue weighted by molar-refractivity contribution is 5.80. The number of rotatable bonds is 3. The monoisotopic (exact) mass is 269 g/mol. The van der Waals surface area contributed by atoms with Crippen molar-refractivity contribution < 1.29 is 4.39 Å². The summed E-state index contributed by atoms with van der Waals surface area (Å²) in [6.07, 6.45) is 2.36. The van der Waals surface area contributed by atoms with Crippen LogP contribution in [0, 0.1) is 5.82 Å². The topological polar surface area (TPSA) is 43.8 Å². The normalized spacial score (nSPS) is 12.8. The van der Waals surface area contributed by atoms with E-state index in [1.165, 1.54) is 6.07 Å². The van der Waals surface area contributed by atoms with Crippen molar-refractivity contribution in [1.29, 1.82) is 0 Å². The molecule has 1 atom stereocenters. The predicted molar refractivity (Wildman–Crippen MR) is 78.4 cm³/mol. The Labute approximate surface area is 116 Å². The Bertz CT molecular complexity index is 746. The van der Waals surface area contributed by atoms with Gasteiger partial charge in [0.25, 0.3) is 0 Å². The first-order chi connectivity index (χ1) is 9.66. The number of aromatic nitrogens is 2. The zero-order valence-electron chi connectivity index (χ0n) is 11.3. The van der Waals surface area contributed by atoms with Crippen LogP contribution in [-0.4, -0.2) is 15.8 Å². The van der Waals surface area contributed by atoms with Gasteiger partial charge in [-0.15, -0.1) is 0 Å². The maximum atomic E-state index is 14.3. The van der Waals surface area contributed by atoms with Gasteiger partial charge in [-0.05, 0) is 31.0 Å². The molecular formula is C16H16FN3. The van der Waals surface area contributed by atoms with Crippen LogP contribution in [0.5, 0.6) is 0 Å². The molecule has 20 heavy (non-hydrogen) atoms. The SMILES string of the molecule is CC(N)Cc1cccc(F)c1-n1ncc2ccccc21. The Morgan fingerprint density at radius 3 is 2.80 bits per heavy atom. The highest BCUT2D eigenvalue weighted by atomic mass is 19.1. The van der Waals surface area contributed by atoms with Gasteiger partial charge >= 0.3 is 0 Å². The average molecular weight is 269 g/mol. The van der Waals surface area contributed by atoms with Gasteiger partial charge in [0.1, 0.15) is 11.5 Å². The molecule has 0 aliphatic rings. The minimum atomic E-state index is -0.281. The second-order valence-corrected chi connectivity index (χ2v) is 5.04. The predicted octanol–water partition coefficient (Wildman–Crippen LogP) is 3.05. The summed E-state index contributed by atoms with van der Waals surface area (Å²) in [6, 6.07) is 12.8. The van der Waals surface area contributed by atoms with Crippen LogP contribution in [-0.2, 0) is 6.42 Å². The molecule has 0 fully saturated rings. The van der Waals surface area contributed by atoms with E-state index >= 15 is 0 Å². The summed E-state index contributed by atoms with van der Waals surface area (Å²) in [5.74, 6) is -0.281. The molecule has 0 aliphatic carbocycles. The van der Waals surface area contributed by atoms with E-state index in [0.717, 1.165) is 16.5 Å². The van der Waals surface area contributed by atoms with E-state index in [1.54, 1.807) is 16.9 Å². The lowest BCUT2D eigenvalue weighted by molar-refractivity contribution is 0.606. The van der Waals surface area contributed by atoms with Crippen molar-refractivity contribution in [3.63, 3.8) is 0 Å². The van der Waals surface area contributed by atoms with Crippen molar-refractivity contribution in [2.24, 2.45) is 5.73 Å². The summed E-state index contributed by atoms with van der Waals surface area (Å²) in [7, 11) is 0. The quantitative estimate of drug-likeness (QED) is 0.794. The van der Waals surface area contributed by atoms with Gasteiger partial charge < -0.3 is 5.73 Å². The standard InChI is InChI=1S/C16H16FN3/c1-11(18)9-12-6-4-7-14(17)16(12)20-15-8-3-2-5-13(15)10-19-20/h2-8,10-11H,9,18H2,1H3. The summed E-state index contributed by atoms with van der Waals surface area (Å²) in [5.41, 5.74) is 8.11. The number of hydrogen-bond donors (Lipinski definition) is 1. The molecule has 0 spiro atoms. The molecule has 3 rings (SSSR count). The molecular weight excluding hydrogens is 253 g/mol. The molecule has 0 saturated heterocycles. The molecule has 0 radical (unpaired) electrons. The van der Waals surface area contributed by atoms with Gasteiger partial charge in [0.05, 0.1) is 11.7 Å². The van der Waals surface area contributed by atoms with Gasteiger partial charge in [0, 0.05) is 11.4 Å². The summed E-state index contributed by atoms with van der Waals surface area (Å²) in [5, 5.41) is 5.32. The molecule has 1 unspecified atom stereocenters. The molecule has 0 saturated carbocycles. The second kappa shape index (κ2) is 5.06. The maximum Gasteiger partial charge on any atom is 0.149 e. The van der Waals surface area contributed by atoms with E-state index in [1.807, 2.05) is 37.3 Å². The maximum absolute atomic E-state index is 14.3. The Morgan fingerprint density at radius 1 is 1.20 bits per heavy atom. The van der Waals surface area contributed by atoms with Crippen LogP contribution in [0.25, 0.3) is 16.6 Å². The van der Waals surface area contributed by atoms with E-state index in [2.05, 4.69) is 5.10 Å². The number of nitrogens with zero attached hydrogens (tertiary/aromatic N) is 2. The summed E-state index contributed by atoms with van der Waals surface area (Å²) >= 11 is 0. The number of fused-ring (bicyclic) bond motifs is 1. The molecule has 0 bridgehead atoms. The first-order valence-electron chi connectivity index (χ1n) is 6.63. The lowest BCUT2D eigenvalue weighted by Gasteiger charge is -2.13. The number of benzene rings is 2. The van der Waals surface area contributed by atoms with Crippen molar-refractivity contribution in [3.05, 3.63) is 60.0 Å². The van der Waals surface area contributed by atoms with Gasteiger partial charge in [-0.1, -0.05) is 30.3 Å². The Kier molecular flexibility index (Phi) is 3.24. The van der Waals surface area contributed by atoms with E-state index in [-0.39, 0.29) is 11.9 Å². The zero-order valence-corrected chi connectivity index (χ0v) is 11.3. The third kappa shape index (κ3) is 2.18. The lowest BCUT2D eigenvalue weighted by Crippen LogP contribution is -2.19. The third-order valence-electron chi connectivity index (χ3n) is 3.30. The minimum absolute atomic E-state index is 0.0302. The van der Waals surface area contributed by atoms with Crippen LogP contribution in [0.4, 0.5) is 4.39 Å². The first kappa shape index (κ1) is 12.8. The molecule has 2 N–H and O–H groups in total. The molecule has 4 heteroatoms. The van der Waals surface area contributed by atoms with Crippen LogP contribution in [0.2, 0.25) is 0 Å². The number of para-hydroxylation sites is 2. The van der Waals surface area contributed by atoms with Gasteiger partial charge in [0.15, 0.2) is 0 Å². The minimum Gasteiger partial charge on any atom is -0.328 e. The molecule has 0 aliphatic heterocycles. The highest BCUT2D eigenvalue weighted by Crippen LogP contribution is 2.24. The molecule has 102 valence electrons. The van der Waals surface area contributed by atoms with Gasteiger partial charge in [-0.3, -0.25) is 0 Å². The number of halogens is 1. The Hall–Kier alpha value is -2.20. The summed E-state index contributed by atoms with van der Waals surface area (Å²) in [6.45, 7) is 1.91. The fourth-order valence-electron chi connectivity index (χ4n) is 2.46. The fourth-order valence-corrected chi connectivity index (χ4v) is 2.46. The van der Waals surface area contributed by atoms with Crippen molar-refractivity contribution in [1.82, 2.24) is 9.78 Å². The van der Waals surface area contributed by atoms with Crippen LogP contribution >= 0.6 is 0 Å². The van der Waals surface area contributed by atoms with Crippen molar-refractivity contribution in [2.45, 2.75) is 19.4 Å².